The Morgan fingerprint density at radius 2 is 2.27 bits per heavy atom. The summed E-state index contributed by atoms with van der Waals surface area (Å²) in [6.07, 6.45) is 8.08. The number of rotatable bonds is 3. The van der Waals surface area contributed by atoms with Crippen LogP contribution in [0.2, 0.25) is 0 Å². The molecule has 0 aliphatic heterocycles. The summed E-state index contributed by atoms with van der Waals surface area (Å²) in [5, 5.41) is 0. The maximum Gasteiger partial charge on any atom is -0.0269 e. The molecule has 1 aliphatic carbocycles. The van der Waals surface area contributed by atoms with Crippen LogP contribution in [0.4, 0.5) is 0 Å². The molecule has 0 heteroatoms. The first-order valence-corrected chi connectivity index (χ1v) is 4.83. The van der Waals surface area contributed by atoms with Crippen LogP contribution in [0.3, 0.4) is 0 Å². The molecule has 0 N–H and O–H groups in total. The second kappa shape index (κ2) is 3.42. The van der Waals surface area contributed by atoms with Gasteiger partial charge in [0.05, 0.1) is 0 Å². The zero-order valence-electron chi connectivity index (χ0n) is 7.95. The van der Waals surface area contributed by atoms with Crippen molar-refractivity contribution in [2.75, 3.05) is 0 Å². The van der Waals surface area contributed by atoms with Crippen LogP contribution in [-0.4, -0.2) is 0 Å². The molecule has 1 unspecified atom stereocenters. The van der Waals surface area contributed by atoms with Gasteiger partial charge in [-0.3, -0.25) is 0 Å². The van der Waals surface area contributed by atoms with E-state index in [-0.39, 0.29) is 0 Å². The Bertz CT molecular complexity index is 146. The van der Waals surface area contributed by atoms with Crippen molar-refractivity contribution in [2.24, 2.45) is 5.41 Å². The van der Waals surface area contributed by atoms with Crippen LogP contribution >= 0.6 is 0 Å². The van der Waals surface area contributed by atoms with E-state index < -0.39 is 0 Å². The minimum Gasteiger partial charge on any atom is -0.0998 e. The van der Waals surface area contributed by atoms with Gasteiger partial charge in [-0.25, -0.2) is 0 Å². The quantitative estimate of drug-likeness (QED) is 0.538. The highest BCUT2D eigenvalue weighted by Gasteiger charge is 2.29. The second-order valence-electron chi connectivity index (χ2n) is 4.34. The normalized spacial score (nSPS) is 31.3. The van der Waals surface area contributed by atoms with Crippen molar-refractivity contribution in [1.29, 1.82) is 0 Å². The van der Waals surface area contributed by atoms with E-state index in [1.165, 1.54) is 44.1 Å². The first kappa shape index (κ1) is 8.83. The minimum atomic E-state index is 0.618. The molecule has 1 aliphatic rings. The predicted molar refractivity (Wildman–Crippen MR) is 50.6 cm³/mol. The van der Waals surface area contributed by atoms with Crippen LogP contribution in [0, 0.1) is 5.41 Å². The summed E-state index contributed by atoms with van der Waals surface area (Å²) in [6, 6.07) is 0. The van der Waals surface area contributed by atoms with Crippen LogP contribution in [0.1, 0.15) is 52.4 Å². The summed E-state index contributed by atoms with van der Waals surface area (Å²) in [5.41, 5.74) is 2.09. The molecule has 1 fully saturated rings. The van der Waals surface area contributed by atoms with Crippen molar-refractivity contribution in [1.82, 2.24) is 0 Å². The summed E-state index contributed by atoms with van der Waals surface area (Å²) >= 11 is 0. The molecule has 0 heterocycles. The monoisotopic (exact) mass is 152 g/mol. The number of hydrogen-bond donors (Lipinski definition) is 0. The highest BCUT2D eigenvalue weighted by molar-refractivity contribution is 5.06. The Labute approximate surface area is 70.7 Å². The van der Waals surface area contributed by atoms with Gasteiger partial charge in [-0.05, 0) is 31.1 Å². The van der Waals surface area contributed by atoms with E-state index in [4.69, 9.17) is 0 Å². The number of hydrogen-bond acceptors (Lipinski definition) is 0. The van der Waals surface area contributed by atoms with Gasteiger partial charge in [0.1, 0.15) is 0 Å². The van der Waals surface area contributed by atoms with E-state index in [1.54, 1.807) is 0 Å². The van der Waals surface area contributed by atoms with Gasteiger partial charge in [-0.2, -0.15) is 0 Å². The van der Waals surface area contributed by atoms with Gasteiger partial charge in [-0.15, -0.1) is 0 Å². The van der Waals surface area contributed by atoms with Crippen LogP contribution in [0.5, 0.6) is 0 Å². The van der Waals surface area contributed by atoms with E-state index in [1.807, 2.05) is 0 Å². The van der Waals surface area contributed by atoms with Crippen LogP contribution in [-0.2, 0) is 0 Å². The Hall–Kier alpha value is -0.260. The van der Waals surface area contributed by atoms with Gasteiger partial charge < -0.3 is 0 Å². The Morgan fingerprint density at radius 1 is 1.55 bits per heavy atom. The molecule has 0 radical (unpaired) electrons. The molecule has 11 heavy (non-hydrogen) atoms. The average molecular weight is 152 g/mol. The molecule has 1 rings (SSSR count). The van der Waals surface area contributed by atoms with Crippen molar-refractivity contribution >= 4 is 0 Å². The van der Waals surface area contributed by atoms with Gasteiger partial charge in [-0.1, -0.05) is 38.8 Å². The van der Waals surface area contributed by atoms with Gasteiger partial charge in [0.2, 0.25) is 0 Å². The molecular formula is C11H20. The first-order valence-electron chi connectivity index (χ1n) is 4.83. The lowest BCUT2D eigenvalue weighted by Gasteiger charge is -2.22. The van der Waals surface area contributed by atoms with Crippen molar-refractivity contribution in [2.45, 2.75) is 52.4 Å². The van der Waals surface area contributed by atoms with Gasteiger partial charge in [0, 0.05) is 0 Å². The smallest absolute Gasteiger partial charge is 0.0269 e. The summed E-state index contributed by atoms with van der Waals surface area (Å²) < 4.78 is 0. The molecular weight excluding hydrogens is 132 g/mol. The highest BCUT2D eigenvalue weighted by Crippen LogP contribution is 2.43. The van der Waals surface area contributed by atoms with Gasteiger partial charge in [0.25, 0.3) is 0 Å². The zero-order chi connectivity index (χ0) is 8.32. The Kier molecular flexibility index (Phi) is 2.75. The van der Waals surface area contributed by atoms with E-state index in [9.17, 15) is 0 Å². The molecule has 1 atom stereocenters. The van der Waals surface area contributed by atoms with E-state index in [2.05, 4.69) is 20.4 Å². The lowest BCUT2D eigenvalue weighted by Crippen LogP contribution is -2.09. The summed E-state index contributed by atoms with van der Waals surface area (Å²) in [5.74, 6) is 0. The van der Waals surface area contributed by atoms with Crippen LogP contribution < -0.4 is 0 Å². The largest absolute Gasteiger partial charge is 0.0998 e. The lowest BCUT2D eigenvalue weighted by molar-refractivity contribution is 0.304. The Morgan fingerprint density at radius 3 is 2.73 bits per heavy atom. The average Bonchev–Trinajstić information content (AvgIpc) is 2.28. The molecule has 0 bridgehead atoms. The standard InChI is InChI=1S/C11H20/c1-4-5-7-11(3)8-6-10(2)9-11/h2,4-9H2,1,3H3. The molecule has 0 saturated heterocycles. The van der Waals surface area contributed by atoms with E-state index in [0.29, 0.717) is 5.41 Å². The summed E-state index contributed by atoms with van der Waals surface area (Å²) in [6.45, 7) is 8.75. The third-order valence-corrected chi connectivity index (χ3v) is 2.89. The van der Waals surface area contributed by atoms with Gasteiger partial charge in [0.15, 0.2) is 0 Å². The second-order valence-corrected chi connectivity index (χ2v) is 4.34. The molecule has 0 aromatic rings. The van der Waals surface area contributed by atoms with Crippen LogP contribution in [0.25, 0.3) is 0 Å². The first-order chi connectivity index (χ1) is 5.16. The molecule has 0 aromatic heterocycles. The van der Waals surface area contributed by atoms with Crippen molar-refractivity contribution in [3.63, 3.8) is 0 Å². The molecule has 1 saturated carbocycles. The van der Waals surface area contributed by atoms with Crippen molar-refractivity contribution in [3.05, 3.63) is 12.2 Å². The van der Waals surface area contributed by atoms with Crippen molar-refractivity contribution in [3.8, 4) is 0 Å². The molecule has 0 aromatic carbocycles. The fourth-order valence-electron chi connectivity index (χ4n) is 2.08. The predicted octanol–water partition coefficient (Wildman–Crippen LogP) is 3.92. The third kappa shape index (κ3) is 2.36. The van der Waals surface area contributed by atoms with Crippen LogP contribution in [0.15, 0.2) is 12.2 Å². The topological polar surface area (TPSA) is 0 Å². The third-order valence-electron chi connectivity index (χ3n) is 2.89. The maximum atomic E-state index is 4.06. The minimum absolute atomic E-state index is 0.618. The SMILES string of the molecule is C=C1CCC(C)(CCCC)C1. The molecule has 0 spiro atoms. The summed E-state index contributed by atoms with van der Waals surface area (Å²) in [7, 11) is 0. The van der Waals surface area contributed by atoms with E-state index in [0.717, 1.165) is 0 Å². The molecule has 0 amide bonds. The van der Waals surface area contributed by atoms with Crippen molar-refractivity contribution < 1.29 is 0 Å². The fourth-order valence-corrected chi connectivity index (χ4v) is 2.08. The zero-order valence-corrected chi connectivity index (χ0v) is 7.95. The van der Waals surface area contributed by atoms with E-state index >= 15 is 0 Å². The molecule has 64 valence electrons. The highest BCUT2D eigenvalue weighted by atomic mass is 14.3. The maximum absolute atomic E-state index is 4.06. The fraction of sp³-hybridized carbons (Fsp3) is 0.818. The summed E-state index contributed by atoms with van der Waals surface area (Å²) in [4.78, 5) is 0. The Balaban J connectivity index is 2.35. The van der Waals surface area contributed by atoms with Gasteiger partial charge >= 0.3 is 0 Å². The number of allylic oxidation sites excluding steroid dienone is 1. The number of unbranched alkanes of at least 4 members (excludes halogenated alkanes) is 1. The lowest BCUT2D eigenvalue weighted by atomic mass is 9.83. The molecule has 0 nitrogen and oxygen atoms in total.